The summed E-state index contributed by atoms with van der Waals surface area (Å²) >= 11 is 0. The van der Waals surface area contributed by atoms with Crippen molar-refractivity contribution in [1.29, 1.82) is 5.26 Å². The van der Waals surface area contributed by atoms with E-state index in [2.05, 4.69) is 6.07 Å². The Labute approximate surface area is 112 Å². The lowest BCUT2D eigenvalue weighted by Gasteiger charge is -2.12. The highest BCUT2D eigenvalue weighted by Crippen LogP contribution is 2.41. The molecule has 19 heavy (non-hydrogen) atoms. The SMILES string of the molecule is COc1cc(C)cc(C)c1-c1c(C)oc(N)c1C#N. The van der Waals surface area contributed by atoms with Gasteiger partial charge in [0.05, 0.1) is 7.11 Å². The Bertz CT molecular complexity index is 678. The van der Waals surface area contributed by atoms with E-state index in [9.17, 15) is 5.26 Å². The molecular weight excluding hydrogens is 240 g/mol. The maximum absolute atomic E-state index is 9.25. The Morgan fingerprint density at radius 1 is 1.21 bits per heavy atom. The van der Waals surface area contributed by atoms with Gasteiger partial charge in [0.25, 0.3) is 0 Å². The maximum Gasteiger partial charge on any atom is 0.209 e. The number of nitrogens with two attached hydrogens (primary N) is 1. The number of methoxy groups -OCH3 is 1. The lowest BCUT2D eigenvalue weighted by Crippen LogP contribution is -1.95. The Morgan fingerprint density at radius 3 is 2.47 bits per heavy atom. The molecule has 0 saturated heterocycles. The highest BCUT2D eigenvalue weighted by molar-refractivity contribution is 5.83. The van der Waals surface area contributed by atoms with Crippen LogP contribution >= 0.6 is 0 Å². The highest BCUT2D eigenvalue weighted by atomic mass is 16.5. The molecule has 1 heterocycles. The summed E-state index contributed by atoms with van der Waals surface area (Å²) in [5.41, 5.74) is 9.80. The molecule has 2 N–H and O–H groups in total. The lowest BCUT2D eigenvalue weighted by atomic mass is 9.95. The van der Waals surface area contributed by atoms with Gasteiger partial charge < -0.3 is 14.9 Å². The first-order valence-corrected chi connectivity index (χ1v) is 5.94. The summed E-state index contributed by atoms with van der Waals surface area (Å²) < 4.78 is 10.8. The zero-order valence-electron chi connectivity index (χ0n) is 11.5. The number of aryl methyl sites for hydroxylation is 3. The summed E-state index contributed by atoms with van der Waals surface area (Å²) in [6.07, 6.45) is 0. The molecule has 1 aromatic heterocycles. The molecule has 0 aliphatic heterocycles. The second kappa shape index (κ2) is 4.69. The van der Waals surface area contributed by atoms with Crippen molar-refractivity contribution in [2.75, 3.05) is 12.8 Å². The fourth-order valence-electron chi connectivity index (χ4n) is 2.39. The molecule has 1 aromatic carbocycles. The van der Waals surface area contributed by atoms with Crippen LogP contribution in [0.2, 0.25) is 0 Å². The number of nitrogen functional groups attached to an aromatic ring is 1. The van der Waals surface area contributed by atoms with Crippen LogP contribution in [0.4, 0.5) is 5.88 Å². The van der Waals surface area contributed by atoms with Crippen molar-refractivity contribution < 1.29 is 9.15 Å². The van der Waals surface area contributed by atoms with Gasteiger partial charge in [-0.05, 0) is 38.0 Å². The van der Waals surface area contributed by atoms with Gasteiger partial charge >= 0.3 is 0 Å². The minimum Gasteiger partial charge on any atom is -0.496 e. The molecule has 2 rings (SSSR count). The van der Waals surface area contributed by atoms with Crippen LogP contribution < -0.4 is 10.5 Å². The number of ether oxygens (including phenoxy) is 1. The quantitative estimate of drug-likeness (QED) is 0.894. The number of furan rings is 1. The molecule has 0 radical (unpaired) electrons. The number of hydrogen-bond acceptors (Lipinski definition) is 4. The van der Waals surface area contributed by atoms with E-state index in [-0.39, 0.29) is 5.88 Å². The van der Waals surface area contributed by atoms with E-state index in [1.165, 1.54) is 0 Å². The van der Waals surface area contributed by atoms with Crippen LogP contribution in [-0.2, 0) is 0 Å². The standard InChI is InChI=1S/C15H16N2O2/c1-8-5-9(2)13(12(6-8)18-4)14-10(3)19-15(17)11(14)7-16/h5-6H,17H2,1-4H3. The van der Waals surface area contributed by atoms with Crippen molar-refractivity contribution in [3.05, 3.63) is 34.6 Å². The van der Waals surface area contributed by atoms with Gasteiger partial charge in [0.1, 0.15) is 23.1 Å². The maximum atomic E-state index is 9.25. The Morgan fingerprint density at radius 2 is 1.89 bits per heavy atom. The Hall–Kier alpha value is -2.41. The van der Waals surface area contributed by atoms with Gasteiger partial charge in [-0.25, -0.2) is 0 Å². The van der Waals surface area contributed by atoms with E-state index < -0.39 is 0 Å². The Kier molecular flexibility index (Phi) is 3.22. The topological polar surface area (TPSA) is 72.2 Å². The van der Waals surface area contributed by atoms with Crippen LogP contribution in [0.3, 0.4) is 0 Å². The van der Waals surface area contributed by atoms with Gasteiger partial charge in [-0.2, -0.15) is 5.26 Å². The van der Waals surface area contributed by atoms with E-state index in [1.54, 1.807) is 14.0 Å². The van der Waals surface area contributed by atoms with Crippen molar-refractivity contribution in [2.24, 2.45) is 0 Å². The summed E-state index contributed by atoms with van der Waals surface area (Å²) in [6.45, 7) is 5.78. The summed E-state index contributed by atoms with van der Waals surface area (Å²) in [6, 6.07) is 6.08. The van der Waals surface area contributed by atoms with Gasteiger partial charge in [-0.3, -0.25) is 0 Å². The fourth-order valence-corrected chi connectivity index (χ4v) is 2.39. The fraction of sp³-hybridized carbons (Fsp3) is 0.267. The number of nitriles is 1. The molecule has 0 unspecified atom stereocenters. The van der Waals surface area contributed by atoms with Crippen LogP contribution in [0.1, 0.15) is 22.5 Å². The van der Waals surface area contributed by atoms with Crippen LogP contribution in [0.15, 0.2) is 16.5 Å². The number of nitrogens with zero attached hydrogens (tertiary/aromatic N) is 1. The molecule has 0 atom stereocenters. The van der Waals surface area contributed by atoms with Gasteiger partial charge in [0.15, 0.2) is 0 Å². The zero-order valence-corrected chi connectivity index (χ0v) is 11.5. The van der Waals surface area contributed by atoms with Gasteiger partial charge in [0.2, 0.25) is 5.88 Å². The second-order valence-electron chi connectivity index (χ2n) is 4.54. The molecular formula is C15H16N2O2. The molecule has 98 valence electrons. The molecule has 0 aliphatic rings. The number of rotatable bonds is 2. The van der Waals surface area contributed by atoms with Gasteiger partial charge in [-0.1, -0.05) is 6.07 Å². The van der Waals surface area contributed by atoms with E-state index in [4.69, 9.17) is 14.9 Å². The minimum atomic E-state index is 0.150. The molecule has 4 nitrogen and oxygen atoms in total. The van der Waals surface area contributed by atoms with Crippen molar-refractivity contribution in [2.45, 2.75) is 20.8 Å². The van der Waals surface area contributed by atoms with Crippen molar-refractivity contribution in [3.63, 3.8) is 0 Å². The van der Waals surface area contributed by atoms with E-state index >= 15 is 0 Å². The van der Waals surface area contributed by atoms with E-state index in [0.717, 1.165) is 22.4 Å². The normalized spacial score (nSPS) is 10.3. The average molecular weight is 256 g/mol. The minimum absolute atomic E-state index is 0.150. The smallest absolute Gasteiger partial charge is 0.209 e. The predicted molar refractivity (Wildman–Crippen MR) is 74.0 cm³/mol. The summed E-state index contributed by atoms with van der Waals surface area (Å²) in [5, 5.41) is 9.25. The first-order valence-electron chi connectivity index (χ1n) is 5.94. The van der Waals surface area contributed by atoms with Gasteiger partial charge in [-0.15, -0.1) is 0 Å². The molecule has 0 saturated carbocycles. The molecule has 0 spiro atoms. The third-order valence-corrected chi connectivity index (χ3v) is 3.14. The molecule has 2 aromatic rings. The van der Waals surface area contributed by atoms with Crippen molar-refractivity contribution in [1.82, 2.24) is 0 Å². The van der Waals surface area contributed by atoms with Crippen LogP contribution in [0, 0.1) is 32.1 Å². The lowest BCUT2D eigenvalue weighted by molar-refractivity contribution is 0.415. The third kappa shape index (κ3) is 2.04. The van der Waals surface area contributed by atoms with Crippen molar-refractivity contribution in [3.8, 4) is 22.9 Å². The number of hydrogen-bond donors (Lipinski definition) is 1. The summed E-state index contributed by atoms with van der Waals surface area (Å²) in [5.74, 6) is 1.49. The van der Waals surface area contributed by atoms with Crippen LogP contribution in [0.5, 0.6) is 5.75 Å². The Balaban J connectivity index is 2.83. The molecule has 0 aliphatic carbocycles. The molecule has 0 bridgehead atoms. The largest absolute Gasteiger partial charge is 0.496 e. The third-order valence-electron chi connectivity index (χ3n) is 3.14. The first-order chi connectivity index (χ1) is 8.99. The van der Waals surface area contributed by atoms with Crippen LogP contribution in [0.25, 0.3) is 11.1 Å². The zero-order chi connectivity index (χ0) is 14.2. The monoisotopic (exact) mass is 256 g/mol. The predicted octanol–water partition coefficient (Wildman–Crippen LogP) is 3.33. The van der Waals surface area contributed by atoms with E-state index in [0.29, 0.717) is 16.9 Å². The molecule has 4 heteroatoms. The summed E-state index contributed by atoms with van der Waals surface area (Å²) in [4.78, 5) is 0. The molecule has 0 fully saturated rings. The van der Waals surface area contributed by atoms with Crippen LogP contribution in [-0.4, -0.2) is 7.11 Å². The van der Waals surface area contributed by atoms with Crippen molar-refractivity contribution >= 4 is 5.88 Å². The number of anilines is 1. The number of benzene rings is 1. The average Bonchev–Trinajstić information content (AvgIpc) is 2.62. The highest BCUT2D eigenvalue weighted by Gasteiger charge is 2.22. The molecule has 0 amide bonds. The first kappa shape index (κ1) is 13.0. The summed E-state index contributed by atoms with van der Waals surface area (Å²) in [7, 11) is 1.61. The van der Waals surface area contributed by atoms with Gasteiger partial charge in [0, 0.05) is 11.1 Å². The van der Waals surface area contributed by atoms with E-state index in [1.807, 2.05) is 26.0 Å². The second-order valence-corrected chi connectivity index (χ2v) is 4.54.